The van der Waals surface area contributed by atoms with Gasteiger partial charge >= 0.3 is 18.0 Å². The van der Waals surface area contributed by atoms with Crippen LogP contribution in [0.15, 0.2) is 24.3 Å². The zero-order chi connectivity index (χ0) is 49.6. The smallest absolute Gasteiger partial charge is 0.315 e. The number of nitrogens with one attached hydrogen (secondary N) is 7. The van der Waals surface area contributed by atoms with Crippen LogP contribution in [0.1, 0.15) is 131 Å². The molecule has 394 valence electrons. The van der Waals surface area contributed by atoms with Gasteiger partial charge < -0.3 is 56.5 Å². The van der Waals surface area contributed by atoms with Crippen LogP contribution in [0, 0.1) is 0 Å². The molecule has 0 radical (unpaired) electrons. The zero-order valence-corrected chi connectivity index (χ0v) is 42.9. The molecule has 7 amide bonds. The maximum absolute atomic E-state index is 12.8. The van der Waals surface area contributed by atoms with Crippen LogP contribution in [0.3, 0.4) is 0 Å². The molecule has 20 heteroatoms. The second kappa shape index (κ2) is 33.8. The van der Waals surface area contributed by atoms with E-state index < -0.39 is 5.97 Å². The molecule has 0 saturated carbocycles. The van der Waals surface area contributed by atoms with Gasteiger partial charge in [0.2, 0.25) is 11.8 Å². The molecule has 6 atom stereocenters. The minimum Gasteiger partial charge on any atom is -0.481 e. The Labute approximate surface area is 423 Å². The maximum Gasteiger partial charge on any atom is 0.315 e. The number of fused-ring (bicyclic) bond motifs is 2. The van der Waals surface area contributed by atoms with Crippen molar-refractivity contribution in [3.63, 3.8) is 0 Å². The summed E-state index contributed by atoms with van der Waals surface area (Å²) in [5.41, 5.74) is 1.75. The van der Waals surface area contributed by atoms with Crippen LogP contribution in [-0.4, -0.2) is 164 Å². The van der Waals surface area contributed by atoms with E-state index in [1.54, 1.807) is 0 Å². The third-order valence-electron chi connectivity index (χ3n) is 13.2. The number of thioether (sulfide) groups is 2. The molecule has 4 fully saturated rings. The number of carboxylic acid groups (broad SMARTS) is 1. The van der Waals surface area contributed by atoms with E-state index in [9.17, 15) is 28.8 Å². The SMILES string of the molecule is O=C(O)CCOCCOCCOCCNC(=O)c1ccc(CN(CCCCCCCNC(=O)CCCC[C@@H]2SC[C@@H]3NC(=O)N[C@@H]32)CCCCCCNC(=O)CCCC[C@@H]2SC[C@@H]3NC(=O)N[C@@H]32)cc1. The van der Waals surface area contributed by atoms with Gasteiger partial charge in [-0.25, -0.2) is 9.59 Å². The van der Waals surface area contributed by atoms with Crippen molar-refractivity contribution in [3.05, 3.63) is 35.4 Å². The van der Waals surface area contributed by atoms with E-state index >= 15 is 0 Å². The highest BCUT2D eigenvalue weighted by Crippen LogP contribution is 2.34. The molecule has 1 aromatic carbocycles. The fourth-order valence-corrected chi connectivity index (χ4v) is 12.4. The Balaban J connectivity index is 0.910. The highest BCUT2D eigenvalue weighted by atomic mass is 32.2. The van der Waals surface area contributed by atoms with E-state index in [2.05, 4.69) is 42.1 Å². The van der Waals surface area contributed by atoms with Gasteiger partial charge in [0, 0.05) is 66.6 Å². The van der Waals surface area contributed by atoms with Crippen molar-refractivity contribution in [1.29, 1.82) is 0 Å². The van der Waals surface area contributed by atoms with Gasteiger partial charge in [-0.05, 0) is 82.2 Å². The molecule has 0 unspecified atom stereocenters. The Hall–Kier alpha value is -3.82. The van der Waals surface area contributed by atoms with Crippen molar-refractivity contribution < 1.29 is 48.1 Å². The lowest BCUT2D eigenvalue weighted by Crippen LogP contribution is -2.36. The number of nitrogens with zero attached hydrogens (tertiary/aromatic N) is 1. The fourth-order valence-electron chi connectivity index (χ4n) is 9.32. The first-order valence-electron chi connectivity index (χ1n) is 26.1. The van der Waals surface area contributed by atoms with Crippen LogP contribution in [-0.2, 0) is 35.1 Å². The second-order valence-corrected chi connectivity index (χ2v) is 21.4. The fraction of sp³-hybridized carbons (Fsp3) is 0.760. The lowest BCUT2D eigenvalue weighted by atomic mass is 10.0. The van der Waals surface area contributed by atoms with Crippen molar-refractivity contribution in [3.8, 4) is 0 Å². The van der Waals surface area contributed by atoms with Crippen LogP contribution in [0.25, 0.3) is 0 Å². The topological polar surface area (TPSA) is 238 Å². The molecule has 0 aliphatic carbocycles. The molecule has 4 aliphatic heterocycles. The first-order valence-corrected chi connectivity index (χ1v) is 28.2. The second-order valence-electron chi connectivity index (χ2n) is 18.8. The van der Waals surface area contributed by atoms with Crippen LogP contribution in [0.4, 0.5) is 9.59 Å². The summed E-state index contributed by atoms with van der Waals surface area (Å²) >= 11 is 3.83. The van der Waals surface area contributed by atoms with Gasteiger partial charge in [-0.3, -0.25) is 24.1 Å². The molecule has 4 aliphatic rings. The molecule has 8 N–H and O–H groups in total. The molecular weight excluding hydrogens is 937 g/mol. The Bertz CT molecular complexity index is 1730. The van der Waals surface area contributed by atoms with E-state index in [1.807, 2.05) is 47.8 Å². The van der Waals surface area contributed by atoms with Gasteiger partial charge in [0.1, 0.15) is 0 Å². The number of carboxylic acids is 1. The number of carbonyl (C=O) groups excluding carboxylic acids is 5. The third kappa shape index (κ3) is 22.7. The monoisotopic (exact) mass is 1020 g/mol. The number of aliphatic carboxylic acids is 1. The van der Waals surface area contributed by atoms with E-state index in [-0.39, 0.29) is 67.0 Å². The highest BCUT2D eigenvalue weighted by molar-refractivity contribution is 8.00. The molecular formula is C50H82N8O10S2. The summed E-state index contributed by atoms with van der Waals surface area (Å²) in [6.07, 6.45) is 16.4. The number of ether oxygens (including phenoxy) is 3. The first kappa shape index (κ1) is 57.1. The van der Waals surface area contributed by atoms with E-state index in [1.165, 1.54) is 0 Å². The first-order chi connectivity index (χ1) is 34.1. The van der Waals surface area contributed by atoms with Gasteiger partial charge in [0.15, 0.2) is 0 Å². The van der Waals surface area contributed by atoms with Crippen molar-refractivity contribution in [1.82, 2.24) is 42.1 Å². The van der Waals surface area contributed by atoms with Crippen molar-refractivity contribution in [2.45, 2.75) is 157 Å². The Morgan fingerprint density at radius 1 is 0.557 bits per heavy atom. The summed E-state index contributed by atoms with van der Waals surface area (Å²) in [5, 5.41) is 30.6. The van der Waals surface area contributed by atoms with E-state index in [4.69, 9.17) is 19.3 Å². The minimum absolute atomic E-state index is 0.0307. The van der Waals surface area contributed by atoms with E-state index in [0.717, 1.165) is 133 Å². The Morgan fingerprint density at radius 2 is 1.04 bits per heavy atom. The minimum atomic E-state index is -0.893. The molecule has 0 aromatic heterocycles. The maximum atomic E-state index is 12.8. The molecule has 1 aromatic rings. The zero-order valence-electron chi connectivity index (χ0n) is 41.3. The number of benzene rings is 1. The number of urea groups is 2. The molecule has 18 nitrogen and oxygen atoms in total. The van der Waals surface area contributed by atoms with Crippen LogP contribution >= 0.6 is 23.5 Å². The number of rotatable bonds is 40. The molecule has 0 bridgehead atoms. The third-order valence-corrected chi connectivity index (χ3v) is 16.2. The van der Waals surface area contributed by atoms with E-state index in [0.29, 0.717) is 81.6 Å². The predicted molar refractivity (Wildman–Crippen MR) is 274 cm³/mol. The van der Waals surface area contributed by atoms with Gasteiger partial charge in [-0.2, -0.15) is 23.5 Å². The lowest BCUT2D eigenvalue weighted by Gasteiger charge is -2.23. The van der Waals surface area contributed by atoms with Crippen molar-refractivity contribution in [2.75, 3.05) is 83.9 Å². The summed E-state index contributed by atoms with van der Waals surface area (Å²) in [6.45, 7) is 6.51. The summed E-state index contributed by atoms with van der Waals surface area (Å²) in [7, 11) is 0. The number of unbranched alkanes of at least 4 members (excludes halogenated alkanes) is 9. The summed E-state index contributed by atoms with van der Waals surface area (Å²) in [5.74, 6) is 1.12. The molecule has 4 saturated heterocycles. The number of hydrogen-bond donors (Lipinski definition) is 8. The molecule has 4 heterocycles. The van der Waals surface area contributed by atoms with Gasteiger partial charge in [-0.1, -0.05) is 57.1 Å². The number of amides is 7. The normalized spacial score (nSPS) is 21.2. The van der Waals surface area contributed by atoms with Crippen LogP contribution < -0.4 is 37.2 Å². The summed E-state index contributed by atoms with van der Waals surface area (Å²) in [6, 6.07) is 8.60. The largest absolute Gasteiger partial charge is 0.481 e. The van der Waals surface area contributed by atoms with Crippen LogP contribution in [0.2, 0.25) is 0 Å². The predicted octanol–water partition coefficient (Wildman–Crippen LogP) is 4.94. The Kier molecular flexibility index (Phi) is 27.5. The average Bonchev–Trinajstić information content (AvgIpc) is 4.11. The lowest BCUT2D eigenvalue weighted by molar-refractivity contribution is -0.138. The number of hydrogen-bond acceptors (Lipinski definition) is 12. The summed E-state index contributed by atoms with van der Waals surface area (Å²) in [4.78, 5) is 74.0. The standard InChI is InChI=1S/C50H82N8O10S2/c59-43(16-8-6-14-41-46-39(35-69-41)54-49(64)56-46)51-23-10-2-1-4-12-26-58(27-13-5-3-11-24-52-44(60)17-9-7-15-42-47-40(36-70-42)55-50(65)57-47)34-37-18-20-38(21-19-37)48(63)53-25-29-67-31-33-68-32-30-66-28-22-45(61)62/h18-21,39-42,46-47H,1-17,22-36H2,(H,51,59)(H,52,60)(H,53,63)(H,61,62)(H2,54,56,64)(H2,55,57,65)/t39-,40-,41-,42-,46-,47-/m0/s1. The molecule has 5 rings (SSSR count). The van der Waals surface area contributed by atoms with Crippen molar-refractivity contribution in [2.24, 2.45) is 0 Å². The van der Waals surface area contributed by atoms with Crippen LogP contribution in [0.5, 0.6) is 0 Å². The van der Waals surface area contributed by atoms with Gasteiger partial charge in [0.25, 0.3) is 5.91 Å². The average molecular weight is 1020 g/mol. The van der Waals surface area contributed by atoms with Gasteiger partial charge in [0.05, 0.1) is 70.2 Å². The highest BCUT2D eigenvalue weighted by Gasteiger charge is 2.43. The Morgan fingerprint density at radius 3 is 1.57 bits per heavy atom. The van der Waals surface area contributed by atoms with Gasteiger partial charge in [-0.15, -0.1) is 0 Å². The quantitative estimate of drug-likeness (QED) is 0.0322. The molecule has 0 spiro atoms. The van der Waals surface area contributed by atoms with Crippen molar-refractivity contribution >= 4 is 59.3 Å². The molecule has 70 heavy (non-hydrogen) atoms. The summed E-state index contributed by atoms with van der Waals surface area (Å²) < 4.78 is 16.1. The number of carbonyl (C=O) groups is 6.